The highest BCUT2D eigenvalue weighted by Crippen LogP contribution is 2.25. The van der Waals surface area contributed by atoms with Gasteiger partial charge < -0.3 is 5.73 Å². The van der Waals surface area contributed by atoms with Crippen LogP contribution in [0.3, 0.4) is 0 Å². The fourth-order valence-corrected chi connectivity index (χ4v) is 3.08. The van der Waals surface area contributed by atoms with E-state index < -0.39 is 11.6 Å². The summed E-state index contributed by atoms with van der Waals surface area (Å²) in [5.41, 5.74) is 6.93. The summed E-state index contributed by atoms with van der Waals surface area (Å²) in [5.74, 6) is -0.536. The van der Waals surface area contributed by atoms with Crippen LogP contribution in [0.5, 0.6) is 0 Å². The van der Waals surface area contributed by atoms with E-state index in [1.165, 1.54) is 44.2 Å². The van der Waals surface area contributed by atoms with Gasteiger partial charge in [-0.25, -0.2) is 8.78 Å². The Morgan fingerprint density at radius 2 is 1.47 bits per heavy atom. The third kappa shape index (κ3) is 4.57. The second kappa shape index (κ2) is 6.99. The van der Waals surface area contributed by atoms with Crippen LogP contribution in [0.25, 0.3) is 0 Å². The van der Waals surface area contributed by atoms with Crippen molar-refractivity contribution in [2.75, 3.05) is 0 Å². The van der Waals surface area contributed by atoms with Crippen LogP contribution in [0.4, 0.5) is 8.78 Å². The Kier molecular flexibility index (Phi) is 5.32. The maximum atomic E-state index is 13.2. The lowest BCUT2D eigenvalue weighted by Gasteiger charge is -2.26. The van der Waals surface area contributed by atoms with E-state index in [2.05, 4.69) is 0 Å². The Morgan fingerprint density at radius 3 is 2.05 bits per heavy atom. The normalized spacial score (nSPS) is 19.7. The lowest BCUT2D eigenvalue weighted by molar-refractivity contribution is 0.321. The van der Waals surface area contributed by atoms with Crippen molar-refractivity contribution in [3.05, 3.63) is 35.4 Å². The van der Waals surface area contributed by atoms with E-state index in [0.717, 1.165) is 18.9 Å². The number of hydrogen-bond acceptors (Lipinski definition) is 1. The molecule has 106 valence electrons. The average molecular weight is 267 g/mol. The molecule has 2 N–H and O–H groups in total. The minimum Gasteiger partial charge on any atom is -0.327 e. The number of hydrogen-bond donors (Lipinski definition) is 1. The molecule has 3 heteroatoms. The largest absolute Gasteiger partial charge is 0.327 e. The Bertz CT molecular complexity index is 377. The van der Waals surface area contributed by atoms with Gasteiger partial charge in [0.15, 0.2) is 0 Å². The van der Waals surface area contributed by atoms with Crippen molar-refractivity contribution >= 4 is 0 Å². The Morgan fingerprint density at radius 1 is 0.947 bits per heavy atom. The Labute approximate surface area is 114 Å². The van der Waals surface area contributed by atoms with Crippen molar-refractivity contribution in [2.24, 2.45) is 11.7 Å². The summed E-state index contributed by atoms with van der Waals surface area (Å²) in [4.78, 5) is 0. The van der Waals surface area contributed by atoms with Gasteiger partial charge in [0, 0.05) is 12.1 Å². The monoisotopic (exact) mass is 267 g/mol. The van der Waals surface area contributed by atoms with Gasteiger partial charge in [-0.15, -0.1) is 0 Å². The van der Waals surface area contributed by atoms with E-state index in [9.17, 15) is 8.78 Å². The zero-order chi connectivity index (χ0) is 13.7. The van der Waals surface area contributed by atoms with E-state index in [1.807, 2.05) is 0 Å². The summed E-state index contributed by atoms with van der Waals surface area (Å²) in [7, 11) is 0. The zero-order valence-electron chi connectivity index (χ0n) is 11.4. The van der Waals surface area contributed by atoms with Gasteiger partial charge in [-0.1, -0.05) is 32.1 Å². The third-order valence-electron chi connectivity index (χ3n) is 4.15. The molecule has 1 fully saturated rings. The Balaban J connectivity index is 1.96. The molecular weight excluding hydrogens is 244 g/mol. The van der Waals surface area contributed by atoms with Gasteiger partial charge in [-0.3, -0.25) is 0 Å². The maximum absolute atomic E-state index is 13.2. The van der Waals surface area contributed by atoms with Crippen molar-refractivity contribution in [2.45, 2.75) is 57.4 Å². The van der Waals surface area contributed by atoms with E-state index in [0.29, 0.717) is 17.9 Å². The van der Waals surface area contributed by atoms with Gasteiger partial charge >= 0.3 is 0 Å². The molecule has 1 atom stereocenters. The van der Waals surface area contributed by atoms with E-state index in [4.69, 9.17) is 5.73 Å². The first-order chi connectivity index (χ1) is 9.15. The predicted molar refractivity (Wildman–Crippen MR) is 73.8 cm³/mol. The molecule has 0 bridgehead atoms. The van der Waals surface area contributed by atoms with Crippen molar-refractivity contribution in [3.8, 4) is 0 Å². The van der Waals surface area contributed by atoms with Gasteiger partial charge in [-0.05, 0) is 42.9 Å². The second-order valence-corrected chi connectivity index (χ2v) is 5.75. The molecule has 1 saturated carbocycles. The number of rotatable bonds is 3. The van der Waals surface area contributed by atoms with Crippen molar-refractivity contribution in [1.82, 2.24) is 0 Å². The lowest BCUT2D eigenvalue weighted by atomic mass is 9.84. The van der Waals surface area contributed by atoms with Gasteiger partial charge in [-0.2, -0.15) is 0 Å². The summed E-state index contributed by atoms with van der Waals surface area (Å²) in [6.45, 7) is 0. The molecular formula is C16H23F2N. The zero-order valence-corrected chi connectivity index (χ0v) is 11.4. The first-order valence-corrected chi connectivity index (χ1v) is 7.35. The maximum Gasteiger partial charge on any atom is 0.126 e. The molecule has 1 aliphatic carbocycles. The average Bonchev–Trinajstić information content (AvgIpc) is 2.26. The van der Waals surface area contributed by atoms with Gasteiger partial charge in [0.25, 0.3) is 0 Å². The molecule has 2 rings (SSSR count). The topological polar surface area (TPSA) is 26.0 Å². The molecule has 0 saturated heterocycles. The minimum absolute atomic E-state index is 0.0132. The SMILES string of the molecule is NC(Cc1cc(F)cc(F)c1)C1CCCCCCC1. The molecule has 19 heavy (non-hydrogen) atoms. The molecule has 0 spiro atoms. The molecule has 0 heterocycles. The molecule has 1 aliphatic rings. The molecule has 0 radical (unpaired) electrons. The summed E-state index contributed by atoms with van der Waals surface area (Å²) in [5, 5.41) is 0. The van der Waals surface area contributed by atoms with Crippen molar-refractivity contribution in [3.63, 3.8) is 0 Å². The van der Waals surface area contributed by atoms with Crippen LogP contribution in [0.15, 0.2) is 18.2 Å². The van der Waals surface area contributed by atoms with Gasteiger partial charge in [0.2, 0.25) is 0 Å². The van der Waals surface area contributed by atoms with Crippen LogP contribution in [0.2, 0.25) is 0 Å². The highest BCUT2D eigenvalue weighted by Gasteiger charge is 2.19. The van der Waals surface area contributed by atoms with Crippen LogP contribution in [0, 0.1) is 17.6 Å². The molecule has 1 unspecified atom stereocenters. The van der Waals surface area contributed by atoms with E-state index >= 15 is 0 Å². The summed E-state index contributed by atoms with van der Waals surface area (Å²) < 4.78 is 26.3. The fourth-order valence-electron chi connectivity index (χ4n) is 3.08. The second-order valence-electron chi connectivity index (χ2n) is 5.75. The standard InChI is InChI=1S/C16H23F2N/c17-14-8-12(9-15(18)11-14)10-16(19)13-6-4-2-1-3-5-7-13/h8-9,11,13,16H,1-7,10,19H2. The lowest BCUT2D eigenvalue weighted by Crippen LogP contribution is -2.32. The smallest absolute Gasteiger partial charge is 0.126 e. The summed E-state index contributed by atoms with van der Waals surface area (Å²) in [6.07, 6.45) is 9.25. The molecule has 0 aromatic heterocycles. The van der Waals surface area contributed by atoms with E-state index in [1.54, 1.807) is 0 Å². The first kappa shape index (κ1) is 14.4. The van der Waals surface area contributed by atoms with Crippen molar-refractivity contribution < 1.29 is 8.78 Å². The third-order valence-corrected chi connectivity index (χ3v) is 4.15. The van der Waals surface area contributed by atoms with E-state index in [-0.39, 0.29) is 6.04 Å². The fraction of sp³-hybridized carbons (Fsp3) is 0.625. The number of nitrogens with two attached hydrogens (primary N) is 1. The molecule has 0 aliphatic heterocycles. The highest BCUT2D eigenvalue weighted by molar-refractivity contribution is 5.19. The summed E-state index contributed by atoms with van der Waals surface area (Å²) >= 11 is 0. The minimum atomic E-state index is -0.514. The first-order valence-electron chi connectivity index (χ1n) is 7.35. The molecule has 1 nitrogen and oxygen atoms in total. The van der Waals surface area contributed by atoms with Crippen LogP contribution >= 0.6 is 0 Å². The highest BCUT2D eigenvalue weighted by atomic mass is 19.1. The molecule has 1 aromatic rings. The molecule has 0 amide bonds. The van der Waals surface area contributed by atoms with Gasteiger partial charge in [0.1, 0.15) is 11.6 Å². The van der Waals surface area contributed by atoms with Crippen LogP contribution in [0.1, 0.15) is 50.5 Å². The quantitative estimate of drug-likeness (QED) is 0.873. The Hall–Kier alpha value is -0.960. The number of benzene rings is 1. The number of halogens is 2. The van der Waals surface area contributed by atoms with Crippen molar-refractivity contribution in [1.29, 1.82) is 0 Å². The summed E-state index contributed by atoms with van der Waals surface area (Å²) in [6, 6.07) is 3.71. The van der Waals surface area contributed by atoms with Crippen LogP contribution < -0.4 is 5.73 Å². The molecule has 1 aromatic carbocycles. The predicted octanol–water partition coefficient (Wildman–Crippen LogP) is 4.20. The van der Waals surface area contributed by atoms with Crippen LogP contribution in [-0.2, 0) is 6.42 Å². The van der Waals surface area contributed by atoms with Crippen LogP contribution in [-0.4, -0.2) is 6.04 Å². The van der Waals surface area contributed by atoms with Gasteiger partial charge in [0.05, 0.1) is 0 Å².